The van der Waals surface area contributed by atoms with Crippen molar-refractivity contribution in [3.8, 4) is 0 Å². The van der Waals surface area contributed by atoms with Crippen LogP contribution in [0.4, 0.5) is 4.79 Å². The van der Waals surface area contributed by atoms with Crippen molar-refractivity contribution < 1.29 is 19.1 Å². The molecule has 0 aromatic heterocycles. The van der Waals surface area contributed by atoms with Gasteiger partial charge in [-0.15, -0.1) is 0 Å². The number of alkyl carbamates (subject to hydrolysis) is 1. The number of halogens is 2. The van der Waals surface area contributed by atoms with Crippen molar-refractivity contribution in [2.24, 2.45) is 5.92 Å². The molecule has 9 heteroatoms. The fourth-order valence-corrected chi connectivity index (χ4v) is 4.59. The summed E-state index contributed by atoms with van der Waals surface area (Å²) in [6.07, 6.45) is 1.98. The van der Waals surface area contributed by atoms with Gasteiger partial charge in [0.25, 0.3) is 0 Å². The number of hydrogen-bond donors (Lipinski definition) is 1. The molecule has 2 atom stereocenters. The van der Waals surface area contributed by atoms with Gasteiger partial charge in [-0.05, 0) is 69.7 Å². The molecule has 1 aromatic carbocycles. The number of nitrogens with zero attached hydrogens (tertiary/aromatic N) is 2. The first-order valence-corrected chi connectivity index (χ1v) is 12.9. The van der Waals surface area contributed by atoms with E-state index in [0.717, 1.165) is 22.9 Å². The fraction of sp³-hybridized carbons (Fsp3) is 0.640. The summed E-state index contributed by atoms with van der Waals surface area (Å²) in [5, 5.41) is 3.28. The van der Waals surface area contributed by atoms with E-state index >= 15 is 0 Å². The zero-order valence-electron chi connectivity index (χ0n) is 21.0. The van der Waals surface area contributed by atoms with Crippen LogP contribution in [0.1, 0.15) is 59.4 Å². The van der Waals surface area contributed by atoms with E-state index in [-0.39, 0.29) is 17.7 Å². The molecule has 34 heavy (non-hydrogen) atoms. The summed E-state index contributed by atoms with van der Waals surface area (Å²) in [7, 11) is 1.63. The maximum Gasteiger partial charge on any atom is 0.408 e. The maximum atomic E-state index is 13.6. The predicted octanol–water partition coefficient (Wildman–Crippen LogP) is 5.03. The number of ether oxygens (including phenoxy) is 1. The van der Waals surface area contributed by atoms with Gasteiger partial charge in [0.2, 0.25) is 11.8 Å². The number of likely N-dealkylation sites (N-methyl/N-ethyl adjacent to an activating group) is 1. The minimum atomic E-state index is -0.809. The van der Waals surface area contributed by atoms with E-state index in [0.29, 0.717) is 31.0 Å². The SMILES string of the molecule is CC(C)CC(NC(=O)OC(C)(C)C)C(=O)N(C)C(Cc1cc(Cl)ccc1Br)C(=O)N1CCCC1. The van der Waals surface area contributed by atoms with Gasteiger partial charge in [-0.2, -0.15) is 0 Å². The molecule has 1 saturated heterocycles. The minimum absolute atomic E-state index is 0.0965. The Kier molecular flexibility index (Phi) is 10.2. The Bertz CT molecular complexity index is 881. The smallest absolute Gasteiger partial charge is 0.408 e. The van der Waals surface area contributed by atoms with Crippen molar-refractivity contribution in [3.05, 3.63) is 33.3 Å². The van der Waals surface area contributed by atoms with Gasteiger partial charge in [0.1, 0.15) is 17.7 Å². The van der Waals surface area contributed by atoms with Crippen LogP contribution in [0.2, 0.25) is 5.02 Å². The van der Waals surface area contributed by atoms with Gasteiger partial charge >= 0.3 is 6.09 Å². The lowest BCUT2D eigenvalue weighted by Gasteiger charge is -2.34. The highest BCUT2D eigenvalue weighted by atomic mass is 79.9. The molecule has 2 rings (SSSR count). The van der Waals surface area contributed by atoms with Crippen LogP contribution in [0, 0.1) is 5.92 Å². The molecule has 7 nitrogen and oxygen atoms in total. The maximum absolute atomic E-state index is 13.6. The molecule has 0 bridgehead atoms. The Hall–Kier alpha value is -1.80. The van der Waals surface area contributed by atoms with Gasteiger partial charge in [0, 0.05) is 36.1 Å². The van der Waals surface area contributed by atoms with Crippen LogP contribution in [-0.4, -0.2) is 65.5 Å². The predicted molar refractivity (Wildman–Crippen MR) is 138 cm³/mol. The first kappa shape index (κ1) is 28.4. The molecule has 0 aliphatic carbocycles. The number of rotatable bonds is 8. The average molecular weight is 559 g/mol. The van der Waals surface area contributed by atoms with Crippen LogP contribution in [0.3, 0.4) is 0 Å². The summed E-state index contributed by atoms with van der Waals surface area (Å²) in [6.45, 7) is 10.6. The summed E-state index contributed by atoms with van der Waals surface area (Å²) in [4.78, 5) is 42.9. The lowest BCUT2D eigenvalue weighted by atomic mass is 9.99. The molecule has 1 N–H and O–H groups in total. The van der Waals surface area contributed by atoms with Crippen LogP contribution >= 0.6 is 27.5 Å². The zero-order chi connectivity index (χ0) is 25.6. The number of likely N-dealkylation sites (tertiary alicyclic amines) is 1. The van der Waals surface area contributed by atoms with E-state index in [1.165, 1.54) is 4.90 Å². The molecule has 1 aromatic rings. The van der Waals surface area contributed by atoms with Crippen LogP contribution in [0.15, 0.2) is 22.7 Å². The Morgan fingerprint density at radius 3 is 2.38 bits per heavy atom. The van der Waals surface area contributed by atoms with E-state index in [4.69, 9.17) is 16.3 Å². The van der Waals surface area contributed by atoms with Gasteiger partial charge in [-0.3, -0.25) is 9.59 Å². The number of benzene rings is 1. The largest absolute Gasteiger partial charge is 0.444 e. The molecule has 1 aliphatic heterocycles. The highest BCUT2D eigenvalue weighted by Gasteiger charge is 2.36. The number of hydrogen-bond acceptors (Lipinski definition) is 4. The molecule has 190 valence electrons. The highest BCUT2D eigenvalue weighted by molar-refractivity contribution is 9.10. The average Bonchev–Trinajstić information content (AvgIpc) is 3.25. The van der Waals surface area contributed by atoms with Gasteiger partial charge < -0.3 is 19.9 Å². The summed E-state index contributed by atoms with van der Waals surface area (Å²) >= 11 is 9.75. The molecule has 1 fully saturated rings. The Labute approximate surface area is 216 Å². The van der Waals surface area contributed by atoms with Crippen LogP contribution in [0.5, 0.6) is 0 Å². The van der Waals surface area contributed by atoms with E-state index in [1.54, 1.807) is 40.0 Å². The highest BCUT2D eigenvalue weighted by Crippen LogP contribution is 2.25. The summed E-state index contributed by atoms with van der Waals surface area (Å²) in [5.74, 6) is -0.275. The van der Waals surface area contributed by atoms with Crippen molar-refractivity contribution in [2.75, 3.05) is 20.1 Å². The summed E-state index contributed by atoms with van der Waals surface area (Å²) in [6, 6.07) is 3.87. The molecule has 2 unspecified atom stereocenters. The summed E-state index contributed by atoms with van der Waals surface area (Å²) < 4.78 is 6.20. The van der Waals surface area contributed by atoms with Crippen molar-refractivity contribution in [3.63, 3.8) is 0 Å². The molecule has 0 radical (unpaired) electrons. The van der Waals surface area contributed by atoms with Gasteiger partial charge in [-0.1, -0.05) is 41.4 Å². The lowest BCUT2D eigenvalue weighted by Crippen LogP contribution is -2.56. The van der Waals surface area contributed by atoms with E-state index in [2.05, 4.69) is 21.2 Å². The Morgan fingerprint density at radius 2 is 1.82 bits per heavy atom. The monoisotopic (exact) mass is 557 g/mol. The van der Waals surface area contributed by atoms with Crippen molar-refractivity contribution in [2.45, 2.75) is 78.0 Å². The third-order valence-corrected chi connectivity index (χ3v) is 6.64. The van der Waals surface area contributed by atoms with E-state index in [1.807, 2.05) is 24.8 Å². The van der Waals surface area contributed by atoms with Gasteiger partial charge in [0.05, 0.1) is 0 Å². The second kappa shape index (κ2) is 12.2. The molecule has 3 amide bonds. The number of nitrogens with one attached hydrogen (secondary N) is 1. The number of amides is 3. The quantitative estimate of drug-likeness (QED) is 0.485. The molecule has 0 spiro atoms. The van der Waals surface area contributed by atoms with Gasteiger partial charge in [0.15, 0.2) is 0 Å². The lowest BCUT2D eigenvalue weighted by molar-refractivity contribution is -0.145. The normalized spacial score (nSPS) is 15.7. The van der Waals surface area contributed by atoms with E-state index < -0.39 is 23.8 Å². The fourth-order valence-electron chi connectivity index (χ4n) is 3.99. The van der Waals surface area contributed by atoms with Crippen LogP contribution in [-0.2, 0) is 20.7 Å². The van der Waals surface area contributed by atoms with Crippen LogP contribution < -0.4 is 5.32 Å². The second-order valence-corrected chi connectivity index (χ2v) is 11.6. The number of carbonyl (C=O) groups excluding carboxylic acids is 3. The molecule has 1 heterocycles. The minimum Gasteiger partial charge on any atom is -0.444 e. The Balaban J connectivity index is 2.32. The second-order valence-electron chi connectivity index (χ2n) is 10.3. The number of carbonyl (C=O) groups is 3. The van der Waals surface area contributed by atoms with Crippen molar-refractivity contribution in [1.82, 2.24) is 15.1 Å². The molecular formula is C25H37BrClN3O4. The third-order valence-electron chi connectivity index (χ3n) is 5.64. The first-order chi connectivity index (χ1) is 15.8. The summed E-state index contributed by atoms with van der Waals surface area (Å²) in [5.41, 5.74) is 0.152. The third kappa shape index (κ3) is 8.45. The van der Waals surface area contributed by atoms with Gasteiger partial charge in [-0.25, -0.2) is 4.79 Å². The molecular weight excluding hydrogens is 522 g/mol. The van der Waals surface area contributed by atoms with Crippen molar-refractivity contribution in [1.29, 1.82) is 0 Å². The van der Waals surface area contributed by atoms with E-state index in [9.17, 15) is 14.4 Å². The molecule has 0 saturated carbocycles. The first-order valence-electron chi connectivity index (χ1n) is 11.8. The van der Waals surface area contributed by atoms with Crippen molar-refractivity contribution >= 4 is 45.4 Å². The standard InChI is InChI=1S/C25H37BrClN3O4/c1-16(2)13-20(28-24(33)34-25(3,4)5)22(31)29(6)21(23(32)30-11-7-8-12-30)15-17-14-18(27)9-10-19(17)26/h9-10,14,16,20-21H,7-8,11-13,15H2,1-6H3,(H,28,33). The topological polar surface area (TPSA) is 79.0 Å². The zero-order valence-corrected chi connectivity index (χ0v) is 23.3. The Morgan fingerprint density at radius 1 is 1.21 bits per heavy atom. The van der Waals surface area contributed by atoms with Crippen LogP contribution in [0.25, 0.3) is 0 Å². The molecule has 1 aliphatic rings.